The molecule has 1 saturated carbocycles. The minimum absolute atomic E-state index is 0.0867. The number of carbonyl (C=O) groups is 1. The van der Waals surface area contributed by atoms with Gasteiger partial charge in [-0.05, 0) is 107 Å². The monoisotopic (exact) mass is 675 g/mol. The molecule has 45 heavy (non-hydrogen) atoms. The van der Waals surface area contributed by atoms with Crippen LogP contribution in [0, 0.1) is 11.8 Å². The molecule has 1 aliphatic heterocycles. The summed E-state index contributed by atoms with van der Waals surface area (Å²) in [6.45, 7) is 9.83. The number of hydrogen-bond acceptors (Lipinski definition) is 7. The number of ether oxygens (including phenoxy) is 1. The van der Waals surface area contributed by atoms with Crippen molar-refractivity contribution in [1.29, 1.82) is 0 Å². The van der Waals surface area contributed by atoms with Crippen LogP contribution in [0.15, 0.2) is 48.6 Å². The number of hydrogen-bond donors (Lipinski definition) is 2. The van der Waals surface area contributed by atoms with E-state index in [0.29, 0.717) is 24.5 Å². The number of nitrogens with one attached hydrogen (secondary N) is 1. The molecule has 4 rings (SSSR count). The van der Waals surface area contributed by atoms with E-state index in [0.717, 1.165) is 55.1 Å². The summed E-state index contributed by atoms with van der Waals surface area (Å²) in [5.41, 5.74) is 2.86. The lowest BCUT2D eigenvalue weighted by Gasteiger charge is -2.48. The van der Waals surface area contributed by atoms with Gasteiger partial charge in [0.1, 0.15) is 16.7 Å². The Bertz CT molecular complexity index is 1370. The summed E-state index contributed by atoms with van der Waals surface area (Å²) in [6.07, 6.45) is 8.90. The molecular formula is C35H50ClN3O4S2. The molecule has 1 fully saturated rings. The number of carbonyl (C=O) groups excluding carboxylic acids is 1. The van der Waals surface area contributed by atoms with Crippen LogP contribution in [0.25, 0.3) is 0 Å². The zero-order valence-corrected chi connectivity index (χ0v) is 29.9. The normalized spacial score (nSPS) is 22.0. The molecule has 0 spiro atoms. The minimum Gasteiger partial charge on any atom is -0.491 e. The van der Waals surface area contributed by atoms with E-state index in [4.69, 9.17) is 16.3 Å². The van der Waals surface area contributed by atoms with Crippen molar-refractivity contribution in [1.82, 2.24) is 9.03 Å². The van der Waals surface area contributed by atoms with E-state index in [-0.39, 0.29) is 28.9 Å². The topological polar surface area (TPSA) is 82.1 Å². The van der Waals surface area contributed by atoms with E-state index >= 15 is 0 Å². The number of fused-ring (bicyclic) bond motifs is 1. The summed E-state index contributed by atoms with van der Waals surface area (Å²) in [5.74, 6) is 1.42. The smallest absolute Gasteiger partial charge is 0.263 e. The largest absolute Gasteiger partial charge is 0.491 e. The second kappa shape index (κ2) is 16.2. The van der Waals surface area contributed by atoms with Crippen molar-refractivity contribution in [3.05, 3.63) is 70.3 Å². The number of nitrogens with zero attached hydrogens (tertiary/aromatic N) is 2. The van der Waals surface area contributed by atoms with Gasteiger partial charge in [0.25, 0.3) is 5.91 Å². The highest BCUT2D eigenvalue weighted by Crippen LogP contribution is 2.46. The highest BCUT2D eigenvalue weighted by Gasteiger charge is 2.46. The zero-order valence-electron chi connectivity index (χ0n) is 27.6. The number of allylic oxidation sites excluding steroid dienone is 1. The quantitative estimate of drug-likeness (QED) is 0.165. The molecular weight excluding hydrogens is 626 g/mol. The van der Waals surface area contributed by atoms with Gasteiger partial charge in [-0.3, -0.25) is 13.8 Å². The molecule has 10 heteroatoms. The molecule has 0 radical (unpaired) electrons. The third-order valence-electron chi connectivity index (χ3n) is 8.84. The van der Waals surface area contributed by atoms with Crippen molar-refractivity contribution in [2.75, 3.05) is 44.4 Å². The van der Waals surface area contributed by atoms with Crippen LogP contribution in [0.5, 0.6) is 5.75 Å². The van der Waals surface area contributed by atoms with E-state index in [1.807, 2.05) is 56.5 Å². The number of rotatable bonds is 14. The van der Waals surface area contributed by atoms with Gasteiger partial charge in [0.15, 0.2) is 0 Å². The molecule has 5 atom stereocenters. The van der Waals surface area contributed by atoms with Gasteiger partial charge in [0.2, 0.25) is 0 Å². The molecule has 0 saturated heterocycles. The second-order valence-electron chi connectivity index (χ2n) is 12.8. The Morgan fingerprint density at radius 2 is 2.02 bits per heavy atom. The second-order valence-corrected chi connectivity index (χ2v) is 16.3. The summed E-state index contributed by atoms with van der Waals surface area (Å²) in [4.78, 5) is 15.5. The number of aliphatic hydroxyl groups is 1. The van der Waals surface area contributed by atoms with Crippen LogP contribution in [0.3, 0.4) is 0 Å². The van der Waals surface area contributed by atoms with Crippen molar-refractivity contribution in [3.8, 4) is 5.75 Å². The average Bonchev–Trinajstić information content (AvgIpc) is 3.16. The Balaban J connectivity index is 1.69. The summed E-state index contributed by atoms with van der Waals surface area (Å²) < 4.78 is 23.6. The predicted octanol–water partition coefficient (Wildman–Crippen LogP) is 7.01. The maximum Gasteiger partial charge on any atom is 0.263 e. The van der Waals surface area contributed by atoms with Gasteiger partial charge in [-0.25, -0.2) is 4.21 Å². The van der Waals surface area contributed by atoms with Crippen LogP contribution in [0.1, 0.15) is 80.8 Å². The summed E-state index contributed by atoms with van der Waals surface area (Å²) >= 11 is 8.07. The minimum atomic E-state index is -1.47. The first-order chi connectivity index (χ1) is 21.4. The SMILES string of the molecule is CC/C=C/[C@@](O)(CSN(C)C)C1CCC1CN1CC(c2ccc(Cl)cc2CCC)COc2ccc(C(=O)NS(=O)C(C)C)cc21. The molecule has 0 aromatic heterocycles. The van der Waals surface area contributed by atoms with Crippen LogP contribution in [0.2, 0.25) is 5.02 Å². The van der Waals surface area contributed by atoms with Crippen LogP contribution >= 0.6 is 23.5 Å². The highest BCUT2D eigenvalue weighted by atomic mass is 35.5. The van der Waals surface area contributed by atoms with Gasteiger partial charge in [-0.2, -0.15) is 0 Å². The maximum absolute atomic E-state index is 13.1. The van der Waals surface area contributed by atoms with Gasteiger partial charge in [0.05, 0.1) is 17.9 Å². The fourth-order valence-electron chi connectivity index (χ4n) is 6.28. The van der Waals surface area contributed by atoms with Crippen molar-refractivity contribution in [2.24, 2.45) is 11.8 Å². The number of benzene rings is 2. The average molecular weight is 676 g/mol. The van der Waals surface area contributed by atoms with Gasteiger partial charge < -0.3 is 14.7 Å². The summed E-state index contributed by atoms with van der Waals surface area (Å²) in [5, 5.41) is 12.5. The molecule has 4 unspecified atom stereocenters. The molecule has 2 N–H and O–H groups in total. The van der Waals surface area contributed by atoms with Crippen molar-refractivity contribution < 1.29 is 18.8 Å². The zero-order chi connectivity index (χ0) is 32.7. The number of amides is 1. The third kappa shape index (κ3) is 9.07. The van der Waals surface area contributed by atoms with Crippen LogP contribution < -0.4 is 14.4 Å². The van der Waals surface area contributed by atoms with E-state index in [1.165, 1.54) is 11.1 Å². The lowest BCUT2D eigenvalue weighted by atomic mass is 9.65. The first-order valence-electron chi connectivity index (χ1n) is 16.2. The molecule has 1 heterocycles. The fraction of sp³-hybridized carbons (Fsp3) is 0.571. The Hall–Kier alpha value is -2.04. The number of halogens is 1. The van der Waals surface area contributed by atoms with Crippen LogP contribution in [-0.2, 0) is 17.4 Å². The van der Waals surface area contributed by atoms with Crippen LogP contribution in [-0.4, -0.2) is 69.9 Å². The number of aryl methyl sites for hydroxylation is 1. The molecule has 1 amide bonds. The van der Waals surface area contributed by atoms with E-state index in [2.05, 4.69) is 41.7 Å². The number of anilines is 1. The summed E-state index contributed by atoms with van der Waals surface area (Å²) in [6, 6.07) is 11.6. The summed E-state index contributed by atoms with van der Waals surface area (Å²) in [7, 11) is 2.54. The molecule has 2 aromatic rings. The van der Waals surface area contributed by atoms with Gasteiger partial charge >= 0.3 is 0 Å². The van der Waals surface area contributed by atoms with Crippen molar-refractivity contribution in [2.45, 2.75) is 76.6 Å². The van der Waals surface area contributed by atoms with Crippen molar-refractivity contribution >= 4 is 46.1 Å². The highest BCUT2D eigenvalue weighted by molar-refractivity contribution is 7.97. The first kappa shape index (κ1) is 35.8. The lowest BCUT2D eigenvalue weighted by Crippen LogP contribution is -2.51. The third-order valence-corrected chi connectivity index (χ3v) is 11.4. The Labute approximate surface area is 281 Å². The van der Waals surface area contributed by atoms with E-state index < -0.39 is 16.6 Å². The predicted molar refractivity (Wildman–Crippen MR) is 190 cm³/mol. The molecule has 248 valence electrons. The van der Waals surface area contributed by atoms with E-state index in [1.54, 1.807) is 18.0 Å². The van der Waals surface area contributed by atoms with E-state index in [9.17, 15) is 14.1 Å². The Morgan fingerprint density at radius 1 is 1.24 bits per heavy atom. The van der Waals surface area contributed by atoms with Gasteiger partial charge in [0, 0.05) is 40.6 Å². The molecule has 2 aromatic carbocycles. The lowest BCUT2D eigenvalue weighted by molar-refractivity contribution is -0.0279. The van der Waals surface area contributed by atoms with Crippen molar-refractivity contribution in [3.63, 3.8) is 0 Å². The van der Waals surface area contributed by atoms with Gasteiger partial charge in [-0.15, -0.1) is 0 Å². The first-order valence-corrected chi connectivity index (χ1v) is 18.7. The molecule has 0 bridgehead atoms. The van der Waals surface area contributed by atoms with Gasteiger partial charge in [-0.1, -0.05) is 62.0 Å². The Kier molecular flexibility index (Phi) is 12.9. The maximum atomic E-state index is 13.1. The molecule has 1 aliphatic carbocycles. The van der Waals surface area contributed by atoms with Crippen LogP contribution in [0.4, 0.5) is 5.69 Å². The fourth-order valence-corrected chi connectivity index (χ4v) is 7.79. The Morgan fingerprint density at radius 3 is 2.67 bits per heavy atom. The standard InChI is InChI=1S/C35H50ClN3O4S2/c1-7-9-17-35(41,23-44-38(5)6)31-15-11-27(31)20-39-21-28(30-14-13-29(36)18-25(30)10-8-2)22-43-33-16-12-26(19-32(33)39)34(40)37-45(42)24(3)4/h9,12-14,16-19,24,27-28,31,41H,7-8,10-11,15,20-23H2,1-6H3,(H,37,40)/b17-9+/t27?,28?,31?,35-,45?/m1/s1. The molecule has 2 aliphatic rings. The molecule has 7 nitrogen and oxygen atoms in total.